The standard InChI is InChI=1S/C26H40N4O4/c1-27(2)16-17-30-24(32)20-26(25(30)33,21-10-8-11-22(18-21)34-4)19-23(31)28(3)12-9-15-29-13-6-5-7-14-29/h8,10-11,18H,5-7,9,12-17,19-20H2,1-4H3/t26-/m0/s1. The van der Waals surface area contributed by atoms with Crippen LogP contribution < -0.4 is 4.74 Å². The fourth-order valence-corrected chi connectivity index (χ4v) is 4.95. The largest absolute Gasteiger partial charge is 0.497 e. The first-order valence-corrected chi connectivity index (χ1v) is 12.4. The van der Waals surface area contributed by atoms with E-state index in [2.05, 4.69) is 4.90 Å². The van der Waals surface area contributed by atoms with E-state index >= 15 is 0 Å². The van der Waals surface area contributed by atoms with E-state index in [1.54, 1.807) is 31.2 Å². The first-order chi connectivity index (χ1) is 16.3. The molecule has 1 aromatic rings. The molecule has 0 radical (unpaired) electrons. The zero-order valence-electron chi connectivity index (χ0n) is 21.2. The van der Waals surface area contributed by atoms with Gasteiger partial charge in [-0.25, -0.2) is 0 Å². The normalized spacial score (nSPS) is 21.4. The van der Waals surface area contributed by atoms with Crippen LogP contribution in [-0.2, 0) is 19.8 Å². The quantitative estimate of drug-likeness (QED) is 0.459. The average molecular weight is 473 g/mol. The molecule has 1 aromatic carbocycles. The van der Waals surface area contributed by atoms with Crippen molar-refractivity contribution in [3.63, 3.8) is 0 Å². The summed E-state index contributed by atoms with van der Waals surface area (Å²) in [5.74, 6) is -0.0267. The Balaban J connectivity index is 1.75. The number of hydrogen-bond acceptors (Lipinski definition) is 6. The number of benzene rings is 1. The molecule has 34 heavy (non-hydrogen) atoms. The van der Waals surface area contributed by atoms with Crippen molar-refractivity contribution in [2.45, 2.75) is 43.9 Å². The molecule has 8 heteroatoms. The molecule has 2 fully saturated rings. The van der Waals surface area contributed by atoms with Gasteiger partial charge in [0.1, 0.15) is 5.75 Å². The van der Waals surface area contributed by atoms with Crippen molar-refractivity contribution in [1.82, 2.24) is 19.6 Å². The maximum atomic E-state index is 13.7. The molecule has 0 aliphatic carbocycles. The van der Waals surface area contributed by atoms with Gasteiger partial charge in [-0.1, -0.05) is 18.6 Å². The maximum absolute atomic E-state index is 13.7. The minimum Gasteiger partial charge on any atom is -0.497 e. The molecule has 2 aliphatic heterocycles. The molecule has 0 bridgehead atoms. The minimum absolute atomic E-state index is 0.000211. The van der Waals surface area contributed by atoms with Gasteiger partial charge in [-0.15, -0.1) is 0 Å². The van der Waals surface area contributed by atoms with Crippen molar-refractivity contribution in [2.75, 3.05) is 67.5 Å². The fraction of sp³-hybridized carbons (Fsp3) is 0.654. The number of nitrogens with zero attached hydrogens (tertiary/aromatic N) is 4. The van der Waals surface area contributed by atoms with Crippen molar-refractivity contribution < 1.29 is 19.1 Å². The Morgan fingerprint density at radius 2 is 1.79 bits per heavy atom. The monoisotopic (exact) mass is 472 g/mol. The summed E-state index contributed by atoms with van der Waals surface area (Å²) in [5, 5.41) is 0. The van der Waals surface area contributed by atoms with Crippen LogP contribution in [0.2, 0.25) is 0 Å². The summed E-state index contributed by atoms with van der Waals surface area (Å²) in [6.07, 6.45) is 4.68. The molecule has 0 spiro atoms. The molecular weight excluding hydrogens is 432 g/mol. The third-order valence-electron chi connectivity index (χ3n) is 7.10. The molecule has 188 valence electrons. The van der Waals surface area contributed by atoms with Gasteiger partial charge in [0.2, 0.25) is 17.7 Å². The Bertz CT molecular complexity index is 868. The molecule has 2 heterocycles. The molecule has 2 saturated heterocycles. The van der Waals surface area contributed by atoms with E-state index in [9.17, 15) is 14.4 Å². The second-order valence-corrected chi connectivity index (χ2v) is 9.89. The van der Waals surface area contributed by atoms with Crippen molar-refractivity contribution in [3.05, 3.63) is 29.8 Å². The number of imide groups is 1. The van der Waals surface area contributed by atoms with Gasteiger partial charge in [0.05, 0.1) is 12.5 Å². The van der Waals surface area contributed by atoms with Gasteiger partial charge in [-0.2, -0.15) is 0 Å². The van der Waals surface area contributed by atoms with Crippen LogP contribution in [0.1, 0.15) is 44.1 Å². The second-order valence-electron chi connectivity index (χ2n) is 9.89. The topological polar surface area (TPSA) is 73.4 Å². The first-order valence-electron chi connectivity index (χ1n) is 12.4. The number of rotatable bonds is 11. The highest BCUT2D eigenvalue weighted by Gasteiger charge is 2.54. The second kappa shape index (κ2) is 11.8. The lowest BCUT2D eigenvalue weighted by molar-refractivity contribution is -0.142. The molecule has 0 unspecified atom stereocenters. The third-order valence-corrected chi connectivity index (χ3v) is 7.10. The van der Waals surface area contributed by atoms with Crippen LogP contribution in [0.5, 0.6) is 5.75 Å². The van der Waals surface area contributed by atoms with Crippen molar-refractivity contribution in [3.8, 4) is 5.75 Å². The van der Waals surface area contributed by atoms with Gasteiger partial charge >= 0.3 is 0 Å². The molecule has 3 rings (SSSR count). The molecule has 2 aliphatic rings. The van der Waals surface area contributed by atoms with Crippen LogP contribution in [0.25, 0.3) is 0 Å². The molecular formula is C26H40N4O4. The Morgan fingerprint density at radius 3 is 2.47 bits per heavy atom. The van der Waals surface area contributed by atoms with Gasteiger partial charge in [-0.3, -0.25) is 19.3 Å². The zero-order chi connectivity index (χ0) is 24.7. The predicted octanol–water partition coefficient (Wildman–Crippen LogP) is 1.98. The molecule has 3 amide bonds. The van der Waals surface area contributed by atoms with Gasteiger partial charge < -0.3 is 19.4 Å². The van der Waals surface area contributed by atoms with Crippen LogP contribution in [0.3, 0.4) is 0 Å². The summed E-state index contributed by atoms with van der Waals surface area (Å²) in [6, 6.07) is 7.22. The van der Waals surface area contributed by atoms with Crippen molar-refractivity contribution in [2.24, 2.45) is 0 Å². The highest BCUT2D eigenvalue weighted by Crippen LogP contribution is 2.41. The zero-order valence-corrected chi connectivity index (χ0v) is 21.2. The molecule has 1 atom stereocenters. The molecule has 8 nitrogen and oxygen atoms in total. The number of ether oxygens (including phenoxy) is 1. The van der Waals surface area contributed by atoms with E-state index in [1.807, 2.05) is 31.1 Å². The third kappa shape index (κ3) is 6.16. The van der Waals surface area contributed by atoms with Crippen molar-refractivity contribution in [1.29, 1.82) is 0 Å². The summed E-state index contributed by atoms with van der Waals surface area (Å²) >= 11 is 0. The van der Waals surface area contributed by atoms with Gasteiger partial charge in [0.25, 0.3) is 0 Å². The summed E-state index contributed by atoms with van der Waals surface area (Å²) in [5.41, 5.74) is -0.538. The highest BCUT2D eigenvalue weighted by atomic mass is 16.5. The summed E-state index contributed by atoms with van der Waals surface area (Å²) < 4.78 is 5.37. The summed E-state index contributed by atoms with van der Waals surface area (Å²) in [6.45, 7) is 4.78. The van der Waals surface area contributed by atoms with E-state index in [-0.39, 0.29) is 30.6 Å². The first kappa shape index (κ1) is 26.2. The molecule has 0 N–H and O–H groups in total. The summed E-state index contributed by atoms with van der Waals surface area (Å²) in [7, 11) is 7.17. The Morgan fingerprint density at radius 1 is 1.06 bits per heavy atom. The fourth-order valence-electron chi connectivity index (χ4n) is 4.95. The van der Waals surface area contributed by atoms with Crippen LogP contribution in [-0.4, -0.2) is 105 Å². The lowest BCUT2D eigenvalue weighted by atomic mass is 9.75. The van der Waals surface area contributed by atoms with Crippen LogP contribution in [0.4, 0.5) is 0 Å². The number of carbonyl (C=O) groups excluding carboxylic acids is 3. The van der Waals surface area contributed by atoms with Crippen LogP contribution in [0, 0.1) is 0 Å². The smallest absolute Gasteiger partial charge is 0.240 e. The van der Waals surface area contributed by atoms with Crippen LogP contribution >= 0.6 is 0 Å². The number of amides is 3. The Kier molecular flexibility index (Phi) is 9.08. The van der Waals surface area contributed by atoms with Crippen molar-refractivity contribution >= 4 is 17.7 Å². The number of likely N-dealkylation sites (N-methyl/N-ethyl adjacent to an activating group) is 1. The van der Waals surface area contributed by atoms with E-state index in [0.29, 0.717) is 30.9 Å². The number of methoxy groups -OCH3 is 1. The van der Waals surface area contributed by atoms with E-state index < -0.39 is 5.41 Å². The van der Waals surface area contributed by atoms with E-state index in [0.717, 1.165) is 26.1 Å². The SMILES string of the molecule is COc1cccc([C@]2(CC(=O)N(C)CCCN3CCCCC3)CC(=O)N(CCN(C)C)C2=O)c1. The number of hydrogen-bond donors (Lipinski definition) is 0. The highest BCUT2D eigenvalue weighted by molar-refractivity contribution is 6.10. The predicted molar refractivity (Wildman–Crippen MR) is 132 cm³/mol. The van der Waals surface area contributed by atoms with Gasteiger partial charge in [-0.05, 0) is 70.7 Å². The number of carbonyl (C=O) groups is 3. The van der Waals surface area contributed by atoms with Gasteiger partial charge in [0.15, 0.2) is 0 Å². The number of piperidine rings is 1. The Hall–Kier alpha value is -2.45. The van der Waals surface area contributed by atoms with E-state index in [1.165, 1.54) is 24.2 Å². The minimum atomic E-state index is -1.20. The Labute approximate surface area is 203 Å². The van der Waals surface area contributed by atoms with E-state index in [4.69, 9.17) is 4.74 Å². The maximum Gasteiger partial charge on any atom is 0.240 e. The lowest BCUT2D eigenvalue weighted by Gasteiger charge is -2.30. The lowest BCUT2D eigenvalue weighted by Crippen LogP contribution is -2.44. The van der Waals surface area contributed by atoms with Gasteiger partial charge in [0, 0.05) is 39.5 Å². The van der Waals surface area contributed by atoms with Crippen LogP contribution in [0.15, 0.2) is 24.3 Å². The number of likely N-dealkylation sites (tertiary alicyclic amines) is 2. The molecule has 0 saturated carbocycles. The molecule has 0 aromatic heterocycles. The summed E-state index contributed by atoms with van der Waals surface area (Å²) in [4.78, 5) is 47.4. The average Bonchev–Trinajstić information content (AvgIpc) is 3.07.